The van der Waals surface area contributed by atoms with Crippen LogP contribution in [0.4, 0.5) is 5.82 Å². The van der Waals surface area contributed by atoms with Gasteiger partial charge in [0, 0.05) is 13.1 Å². The van der Waals surface area contributed by atoms with Crippen molar-refractivity contribution >= 4 is 5.82 Å². The molecule has 1 aromatic carbocycles. The van der Waals surface area contributed by atoms with Gasteiger partial charge in [-0.2, -0.15) is 5.26 Å². The van der Waals surface area contributed by atoms with E-state index in [2.05, 4.69) is 4.98 Å². The fourth-order valence-corrected chi connectivity index (χ4v) is 2.49. The molecule has 2 aromatic rings. The quantitative estimate of drug-likeness (QED) is 0.845. The molecule has 6 heteroatoms. The Bertz CT molecular complexity index is 743. The Morgan fingerprint density at radius 2 is 1.95 bits per heavy atom. The molecule has 1 aliphatic rings. The van der Waals surface area contributed by atoms with Gasteiger partial charge >= 0.3 is 0 Å². The van der Waals surface area contributed by atoms with E-state index in [-0.39, 0.29) is 11.1 Å². The molecule has 2 heterocycles. The summed E-state index contributed by atoms with van der Waals surface area (Å²) in [5.41, 5.74) is 0.789. The molecule has 0 radical (unpaired) electrons. The lowest BCUT2D eigenvalue weighted by Crippen LogP contribution is -2.39. The molecular weight excluding hydrogens is 280 g/mol. The maximum absolute atomic E-state index is 12.5. The van der Waals surface area contributed by atoms with E-state index in [1.807, 2.05) is 41.3 Å². The Kier molecular flexibility index (Phi) is 4.17. The topological polar surface area (TPSA) is 71.2 Å². The number of benzene rings is 1. The summed E-state index contributed by atoms with van der Waals surface area (Å²) in [5.74, 6) is 0.458. The molecule has 0 atom stereocenters. The number of nitriles is 1. The standard InChI is InChI=1S/C16H16N4O2/c17-10-14-15(19-6-8-22-9-7-19)18-12-20(16(14)21)11-13-4-2-1-3-5-13/h1-5,12H,6-9,11H2. The minimum atomic E-state index is -0.303. The zero-order valence-electron chi connectivity index (χ0n) is 12.1. The van der Waals surface area contributed by atoms with Crippen molar-refractivity contribution in [2.24, 2.45) is 0 Å². The summed E-state index contributed by atoms with van der Waals surface area (Å²) in [7, 11) is 0. The van der Waals surface area contributed by atoms with Crippen LogP contribution >= 0.6 is 0 Å². The van der Waals surface area contributed by atoms with Gasteiger partial charge < -0.3 is 9.64 Å². The summed E-state index contributed by atoms with van der Waals surface area (Å²) in [6.07, 6.45) is 1.51. The Morgan fingerprint density at radius 1 is 1.23 bits per heavy atom. The van der Waals surface area contributed by atoms with Crippen molar-refractivity contribution in [2.75, 3.05) is 31.2 Å². The summed E-state index contributed by atoms with van der Waals surface area (Å²) in [5, 5.41) is 9.36. The van der Waals surface area contributed by atoms with Crippen LogP contribution in [0.2, 0.25) is 0 Å². The summed E-state index contributed by atoms with van der Waals surface area (Å²) in [6, 6.07) is 11.6. The lowest BCUT2D eigenvalue weighted by molar-refractivity contribution is 0.122. The van der Waals surface area contributed by atoms with Gasteiger partial charge in [-0.05, 0) is 5.56 Å². The number of nitrogens with zero attached hydrogens (tertiary/aromatic N) is 4. The molecule has 22 heavy (non-hydrogen) atoms. The number of hydrogen-bond acceptors (Lipinski definition) is 5. The van der Waals surface area contributed by atoms with Crippen LogP contribution in [-0.2, 0) is 11.3 Å². The van der Waals surface area contributed by atoms with E-state index in [9.17, 15) is 10.1 Å². The molecule has 1 fully saturated rings. The van der Waals surface area contributed by atoms with E-state index < -0.39 is 0 Å². The second-order valence-corrected chi connectivity index (χ2v) is 5.07. The third-order valence-corrected chi connectivity index (χ3v) is 3.64. The Hall–Kier alpha value is -2.65. The first-order valence-electron chi connectivity index (χ1n) is 7.16. The highest BCUT2D eigenvalue weighted by Gasteiger charge is 2.19. The second-order valence-electron chi connectivity index (χ2n) is 5.07. The summed E-state index contributed by atoms with van der Waals surface area (Å²) >= 11 is 0. The number of ether oxygens (including phenoxy) is 1. The van der Waals surface area contributed by atoms with Gasteiger partial charge in [-0.15, -0.1) is 0 Å². The molecule has 1 aliphatic heterocycles. The van der Waals surface area contributed by atoms with E-state index in [1.165, 1.54) is 10.9 Å². The van der Waals surface area contributed by atoms with E-state index in [0.29, 0.717) is 38.7 Å². The first-order chi connectivity index (χ1) is 10.8. The van der Waals surface area contributed by atoms with E-state index in [0.717, 1.165) is 5.56 Å². The minimum absolute atomic E-state index is 0.0975. The number of hydrogen-bond donors (Lipinski definition) is 0. The van der Waals surface area contributed by atoms with Crippen LogP contribution in [-0.4, -0.2) is 35.9 Å². The van der Waals surface area contributed by atoms with Crippen LogP contribution in [0.3, 0.4) is 0 Å². The van der Waals surface area contributed by atoms with Crippen molar-refractivity contribution in [3.63, 3.8) is 0 Å². The van der Waals surface area contributed by atoms with Crippen LogP contribution in [0.1, 0.15) is 11.1 Å². The van der Waals surface area contributed by atoms with E-state index in [1.54, 1.807) is 0 Å². The molecule has 0 spiro atoms. The van der Waals surface area contributed by atoms with Crippen molar-refractivity contribution in [2.45, 2.75) is 6.54 Å². The second kappa shape index (κ2) is 6.41. The first kappa shape index (κ1) is 14.3. The zero-order chi connectivity index (χ0) is 15.4. The van der Waals surface area contributed by atoms with E-state index in [4.69, 9.17) is 4.74 Å². The van der Waals surface area contributed by atoms with Gasteiger partial charge in [0.15, 0.2) is 11.4 Å². The van der Waals surface area contributed by atoms with Gasteiger partial charge in [-0.25, -0.2) is 4.98 Å². The molecule has 3 rings (SSSR count). The fourth-order valence-electron chi connectivity index (χ4n) is 2.49. The van der Waals surface area contributed by atoms with Crippen LogP contribution in [0.5, 0.6) is 0 Å². The van der Waals surface area contributed by atoms with Crippen LogP contribution in [0, 0.1) is 11.3 Å². The van der Waals surface area contributed by atoms with Gasteiger partial charge in [0.2, 0.25) is 0 Å². The smallest absolute Gasteiger partial charge is 0.273 e. The summed E-state index contributed by atoms with van der Waals surface area (Å²) in [4.78, 5) is 18.8. The van der Waals surface area contributed by atoms with Gasteiger partial charge in [-0.3, -0.25) is 9.36 Å². The molecule has 1 saturated heterocycles. The van der Waals surface area contributed by atoms with Crippen molar-refractivity contribution < 1.29 is 4.74 Å². The monoisotopic (exact) mass is 296 g/mol. The Labute approximate surface area is 128 Å². The SMILES string of the molecule is N#Cc1c(N2CCOCC2)ncn(Cc2ccccc2)c1=O. The van der Waals surface area contributed by atoms with Gasteiger partial charge in [0.1, 0.15) is 12.4 Å². The Balaban J connectivity index is 1.94. The molecule has 0 N–H and O–H groups in total. The third-order valence-electron chi connectivity index (χ3n) is 3.64. The minimum Gasteiger partial charge on any atom is -0.378 e. The van der Waals surface area contributed by atoms with Gasteiger partial charge in [0.05, 0.1) is 19.8 Å². The highest BCUT2D eigenvalue weighted by molar-refractivity contribution is 5.52. The number of anilines is 1. The highest BCUT2D eigenvalue weighted by Crippen LogP contribution is 2.15. The van der Waals surface area contributed by atoms with Crippen molar-refractivity contribution in [1.29, 1.82) is 5.26 Å². The molecule has 0 unspecified atom stereocenters. The molecule has 112 valence electrons. The normalized spacial score (nSPS) is 14.6. The molecule has 0 aliphatic carbocycles. The zero-order valence-corrected chi connectivity index (χ0v) is 12.1. The molecule has 6 nitrogen and oxygen atoms in total. The van der Waals surface area contributed by atoms with Gasteiger partial charge in [-0.1, -0.05) is 30.3 Å². The molecule has 0 bridgehead atoms. The molecule has 0 amide bonds. The third kappa shape index (κ3) is 2.85. The number of aromatic nitrogens is 2. The lowest BCUT2D eigenvalue weighted by Gasteiger charge is -2.28. The summed E-state index contributed by atoms with van der Waals surface area (Å²) < 4.78 is 6.76. The van der Waals surface area contributed by atoms with Crippen LogP contribution in [0.15, 0.2) is 41.5 Å². The number of rotatable bonds is 3. The average molecular weight is 296 g/mol. The van der Waals surface area contributed by atoms with Crippen molar-refractivity contribution in [3.05, 3.63) is 58.1 Å². The maximum Gasteiger partial charge on any atom is 0.273 e. The van der Waals surface area contributed by atoms with Crippen LogP contribution < -0.4 is 10.5 Å². The largest absolute Gasteiger partial charge is 0.378 e. The van der Waals surface area contributed by atoms with Crippen molar-refractivity contribution in [1.82, 2.24) is 9.55 Å². The Morgan fingerprint density at radius 3 is 2.64 bits per heavy atom. The first-order valence-corrected chi connectivity index (χ1v) is 7.16. The fraction of sp³-hybridized carbons (Fsp3) is 0.312. The molecular formula is C16H16N4O2. The van der Waals surface area contributed by atoms with E-state index >= 15 is 0 Å². The van der Waals surface area contributed by atoms with Crippen molar-refractivity contribution in [3.8, 4) is 6.07 Å². The average Bonchev–Trinajstić information content (AvgIpc) is 2.58. The molecule has 0 saturated carbocycles. The lowest BCUT2D eigenvalue weighted by atomic mass is 10.2. The highest BCUT2D eigenvalue weighted by atomic mass is 16.5. The predicted octanol–water partition coefficient (Wildman–Crippen LogP) is 1.000. The molecule has 1 aromatic heterocycles. The number of morpholine rings is 1. The van der Waals surface area contributed by atoms with Crippen LogP contribution in [0.25, 0.3) is 0 Å². The maximum atomic E-state index is 12.5. The predicted molar refractivity (Wildman–Crippen MR) is 81.8 cm³/mol. The van der Waals surface area contributed by atoms with Gasteiger partial charge in [0.25, 0.3) is 5.56 Å². The summed E-state index contributed by atoms with van der Waals surface area (Å²) in [6.45, 7) is 2.86.